The van der Waals surface area contributed by atoms with Gasteiger partial charge in [0.15, 0.2) is 5.65 Å². The number of fused-ring (bicyclic) bond motifs is 1. The Morgan fingerprint density at radius 1 is 1.08 bits per heavy atom. The first kappa shape index (κ1) is 15.6. The van der Waals surface area contributed by atoms with Gasteiger partial charge in [-0.2, -0.15) is 0 Å². The van der Waals surface area contributed by atoms with E-state index in [9.17, 15) is 4.79 Å². The van der Waals surface area contributed by atoms with Crippen LogP contribution in [0.2, 0.25) is 0 Å². The maximum absolute atomic E-state index is 12.2. The van der Waals surface area contributed by atoms with Crippen LogP contribution in [0, 0.1) is 0 Å². The molecule has 0 aliphatic carbocycles. The predicted molar refractivity (Wildman–Crippen MR) is 94.5 cm³/mol. The molecule has 0 atom stereocenters. The molecule has 3 aromatic heterocycles. The number of carbonyl (C=O) groups excluding carboxylic acids is 1. The van der Waals surface area contributed by atoms with Crippen LogP contribution < -0.4 is 10.6 Å². The lowest BCUT2D eigenvalue weighted by Gasteiger charge is -2.09. The van der Waals surface area contributed by atoms with E-state index in [1.165, 1.54) is 4.63 Å². The fourth-order valence-electron chi connectivity index (χ4n) is 2.40. The number of nitrogens with one attached hydrogen (secondary N) is 2. The second-order valence-electron chi connectivity index (χ2n) is 5.49. The number of rotatable bonds is 5. The van der Waals surface area contributed by atoms with E-state index in [-0.39, 0.29) is 5.91 Å². The third kappa shape index (κ3) is 3.46. The Morgan fingerprint density at radius 2 is 1.96 bits per heavy atom. The molecule has 0 radical (unpaired) electrons. The molecule has 0 saturated heterocycles. The normalized spacial score (nSPS) is 10.6. The zero-order chi connectivity index (χ0) is 17.8. The summed E-state index contributed by atoms with van der Waals surface area (Å²) in [6.45, 7) is 0.541. The molecule has 9 heteroatoms. The number of anilines is 2. The monoisotopic (exact) mass is 346 g/mol. The molecule has 1 aromatic carbocycles. The van der Waals surface area contributed by atoms with E-state index < -0.39 is 0 Å². The minimum absolute atomic E-state index is 0.177. The van der Waals surface area contributed by atoms with Crippen LogP contribution >= 0.6 is 0 Å². The van der Waals surface area contributed by atoms with E-state index in [1.807, 2.05) is 24.3 Å². The van der Waals surface area contributed by atoms with Crippen molar-refractivity contribution in [3.8, 4) is 0 Å². The summed E-state index contributed by atoms with van der Waals surface area (Å²) in [5, 5.41) is 21.5. The van der Waals surface area contributed by atoms with E-state index >= 15 is 0 Å². The first-order chi connectivity index (χ1) is 12.8. The van der Waals surface area contributed by atoms with Crippen LogP contribution in [-0.4, -0.2) is 36.1 Å². The van der Waals surface area contributed by atoms with Crippen molar-refractivity contribution in [2.75, 3.05) is 10.6 Å². The Hall–Kier alpha value is -3.88. The van der Waals surface area contributed by atoms with Gasteiger partial charge in [-0.3, -0.25) is 9.78 Å². The van der Waals surface area contributed by atoms with Gasteiger partial charge < -0.3 is 10.6 Å². The minimum Gasteiger partial charge on any atom is -0.365 e. The van der Waals surface area contributed by atoms with E-state index in [4.69, 9.17) is 0 Å². The second-order valence-corrected chi connectivity index (χ2v) is 5.49. The maximum atomic E-state index is 12.2. The highest BCUT2D eigenvalue weighted by atomic mass is 16.1. The molecule has 0 saturated carbocycles. The molecule has 26 heavy (non-hydrogen) atoms. The number of tetrazole rings is 1. The van der Waals surface area contributed by atoms with Gasteiger partial charge in [0.1, 0.15) is 5.82 Å². The fourth-order valence-corrected chi connectivity index (χ4v) is 2.40. The third-order valence-electron chi connectivity index (χ3n) is 3.67. The highest BCUT2D eigenvalue weighted by Gasteiger charge is 2.06. The lowest BCUT2D eigenvalue weighted by molar-refractivity contribution is 0.102. The maximum Gasteiger partial charge on any atom is 0.255 e. The van der Waals surface area contributed by atoms with Crippen LogP contribution in [0.3, 0.4) is 0 Å². The molecule has 3 heterocycles. The molecule has 0 unspecified atom stereocenters. The van der Waals surface area contributed by atoms with Crippen LogP contribution in [0.4, 0.5) is 11.5 Å². The van der Waals surface area contributed by atoms with Gasteiger partial charge >= 0.3 is 0 Å². The van der Waals surface area contributed by atoms with Gasteiger partial charge in [-0.1, -0.05) is 12.1 Å². The Bertz CT molecular complexity index is 1050. The Morgan fingerprint density at radius 3 is 2.85 bits per heavy atom. The lowest BCUT2D eigenvalue weighted by atomic mass is 10.2. The van der Waals surface area contributed by atoms with Crippen LogP contribution in [0.25, 0.3) is 5.65 Å². The molecular weight excluding hydrogens is 332 g/mol. The average Bonchev–Trinajstić information content (AvgIpc) is 3.15. The zero-order valence-corrected chi connectivity index (χ0v) is 13.6. The van der Waals surface area contributed by atoms with Crippen molar-refractivity contribution in [3.05, 3.63) is 72.1 Å². The molecule has 4 aromatic rings. The summed E-state index contributed by atoms with van der Waals surface area (Å²) in [5.41, 5.74) is 2.85. The molecule has 128 valence electrons. The number of aromatic nitrogens is 6. The van der Waals surface area contributed by atoms with Gasteiger partial charge in [-0.05, 0) is 52.4 Å². The number of hydrogen-bond donors (Lipinski definition) is 2. The van der Waals surface area contributed by atoms with Crippen molar-refractivity contribution < 1.29 is 4.79 Å². The summed E-state index contributed by atoms with van der Waals surface area (Å²) in [5.74, 6) is 0.472. The van der Waals surface area contributed by atoms with Crippen LogP contribution in [0.1, 0.15) is 15.9 Å². The standard InChI is InChI=1S/C17H14N8O/c26-17(13-6-8-18-9-7-13)20-14-3-1-2-12(10-14)11-19-15-4-5-16-21-23-24-25(16)22-15/h1-10H,11H2,(H,19,22)(H,20,26). The summed E-state index contributed by atoms with van der Waals surface area (Å²) in [6.07, 6.45) is 3.17. The molecular formula is C17H14N8O. The number of hydrogen-bond acceptors (Lipinski definition) is 7. The van der Waals surface area contributed by atoms with Crippen molar-refractivity contribution in [1.82, 2.24) is 30.2 Å². The van der Waals surface area contributed by atoms with Crippen molar-refractivity contribution in [2.24, 2.45) is 0 Å². The van der Waals surface area contributed by atoms with E-state index in [0.29, 0.717) is 23.6 Å². The van der Waals surface area contributed by atoms with Gasteiger partial charge in [0.05, 0.1) is 0 Å². The van der Waals surface area contributed by atoms with Gasteiger partial charge in [0.2, 0.25) is 0 Å². The molecule has 1 amide bonds. The molecule has 4 rings (SSSR count). The highest BCUT2D eigenvalue weighted by molar-refractivity contribution is 6.04. The zero-order valence-electron chi connectivity index (χ0n) is 13.6. The number of pyridine rings is 1. The minimum atomic E-state index is -0.177. The summed E-state index contributed by atoms with van der Waals surface area (Å²) in [6, 6.07) is 14.5. The summed E-state index contributed by atoms with van der Waals surface area (Å²) in [7, 11) is 0. The molecule has 0 spiro atoms. The summed E-state index contributed by atoms with van der Waals surface area (Å²) >= 11 is 0. The van der Waals surface area contributed by atoms with Gasteiger partial charge in [-0.15, -0.1) is 14.8 Å². The number of carbonyl (C=O) groups is 1. The fraction of sp³-hybridized carbons (Fsp3) is 0.0588. The van der Waals surface area contributed by atoms with Crippen molar-refractivity contribution in [2.45, 2.75) is 6.54 Å². The third-order valence-corrected chi connectivity index (χ3v) is 3.67. The molecule has 0 aliphatic rings. The largest absolute Gasteiger partial charge is 0.365 e. The van der Waals surface area contributed by atoms with Gasteiger partial charge in [-0.25, -0.2) is 0 Å². The first-order valence-electron chi connectivity index (χ1n) is 7.87. The summed E-state index contributed by atoms with van der Waals surface area (Å²) in [4.78, 5) is 16.1. The Labute approximate surface area is 148 Å². The Kier molecular flexibility index (Phi) is 4.17. The summed E-state index contributed by atoms with van der Waals surface area (Å²) < 4.78 is 1.35. The van der Waals surface area contributed by atoms with Gasteiger partial charge in [0, 0.05) is 30.2 Å². The molecule has 9 nitrogen and oxygen atoms in total. The molecule has 0 aliphatic heterocycles. The number of nitrogens with zero attached hydrogens (tertiary/aromatic N) is 6. The first-order valence-corrected chi connectivity index (χ1v) is 7.87. The van der Waals surface area contributed by atoms with Crippen molar-refractivity contribution in [3.63, 3.8) is 0 Å². The average molecular weight is 346 g/mol. The molecule has 2 N–H and O–H groups in total. The second kappa shape index (κ2) is 6.93. The smallest absolute Gasteiger partial charge is 0.255 e. The topological polar surface area (TPSA) is 110 Å². The number of benzene rings is 1. The predicted octanol–water partition coefficient (Wildman–Crippen LogP) is 1.78. The van der Waals surface area contributed by atoms with E-state index in [1.54, 1.807) is 36.7 Å². The van der Waals surface area contributed by atoms with Crippen LogP contribution in [-0.2, 0) is 6.54 Å². The van der Waals surface area contributed by atoms with Crippen molar-refractivity contribution >= 4 is 23.1 Å². The quantitative estimate of drug-likeness (QED) is 0.567. The van der Waals surface area contributed by atoms with E-state index in [2.05, 4.69) is 36.2 Å². The van der Waals surface area contributed by atoms with Crippen LogP contribution in [0.5, 0.6) is 0 Å². The molecule has 0 fully saturated rings. The SMILES string of the molecule is O=C(Nc1cccc(CNc2ccc3nnnn3n2)c1)c1ccncc1. The van der Waals surface area contributed by atoms with E-state index in [0.717, 1.165) is 11.3 Å². The molecule has 0 bridgehead atoms. The number of amides is 1. The van der Waals surface area contributed by atoms with Gasteiger partial charge in [0.25, 0.3) is 5.91 Å². The Balaban J connectivity index is 1.43. The van der Waals surface area contributed by atoms with Crippen LogP contribution in [0.15, 0.2) is 60.9 Å². The van der Waals surface area contributed by atoms with Crippen molar-refractivity contribution in [1.29, 1.82) is 0 Å². The lowest BCUT2D eigenvalue weighted by Crippen LogP contribution is -2.12. The highest BCUT2D eigenvalue weighted by Crippen LogP contribution is 2.14.